The van der Waals surface area contributed by atoms with Gasteiger partial charge in [0.1, 0.15) is 0 Å². The van der Waals surface area contributed by atoms with Crippen LogP contribution in [0.1, 0.15) is 16.8 Å². The second kappa shape index (κ2) is 6.52. The molecule has 4 heteroatoms. The molecule has 0 aliphatic heterocycles. The molecule has 0 fully saturated rings. The van der Waals surface area contributed by atoms with E-state index in [9.17, 15) is 9.90 Å². The Balaban J connectivity index is 2.07. The zero-order chi connectivity index (χ0) is 14.4. The first kappa shape index (κ1) is 13.8. The van der Waals surface area contributed by atoms with Crippen LogP contribution in [0.4, 0.5) is 0 Å². The van der Waals surface area contributed by atoms with Crippen LogP contribution in [0, 0.1) is 0 Å². The number of aliphatic hydroxyl groups is 1. The fourth-order valence-corrected chi connectivity index (χ4v) is 1.86. The van der Waals surface area contributed by atoms with Crippen molar-refractivity contribution in [3.05, 3.63) is 71.2 Å². The molecule has 20 heavy (non-hydrogen) atoms. The molecule has 0 amide bonds. The first-order chi connectivity index (χ1) is 9.65. The summed E-state index contributed by atoms with van der Waals surface area (Å²) in [5.41, 5.74) is 2.73. The van der Waals surface area contributed by atoms with Crippen LogP contribution < -0.4 is 0 Å². The van der Waals surface area contributed by atoms with Crippen molar-refractivity contribution in [3.8, 4) is 0 Å². The summed E-state index contributed by atoms with van der Waals surface area (Å²) >= 11 is 0. The fraction of sp³-hybridized carbons (Fsp3) is 0.125. The van der Waals surface area contributed by atoms with Crippen molar-refractivity contribution in [2.75, 3.05) is 0 Å². The Hall–Kier alpha value is -2.62. The first-order valence-corrected chi connectivity index (χ1v) is 6.28. The van der Waals surface area contributed by atoms with Crippen LogP contribution in [0.2, 0.25) is 0 Å². The maximum atomic E-state index is 10.6. The van der Waals surface area contributed by atoms with Gasteiger partial charge in [-0.1, -0.05) is 30.3 Å². The van der Waals surface area contributed by atoms with Crippen LogP contribution >= 0.6 is 0 Å². The molecular formula is C16H15NO3. The molecule has 102 valence electrons. The lowest BCUT2D eigenvalue weighted by molar-refractivity contribution is -0.135. The van der Waals surface area contributed by atoms with Crippen LogP contribution in [-0.2, 0) is 17.6 Å². The molecule has 1 aromatic heterocycles. The van der Waals surface area contributed by atoms with Gasteiger partial charge in [0.15, 0.2) is 0 Å². The van der Waals surface area contributed by atoms with Crippen molar-refractivity contribution in [1.29, 1.82) is 0 Å². The van der Waals surface area contributed by atoms with E-state index >= 15 is 0 Å². The predicted octanol–water partition coefficient (Wildman–Crippen LogP) is 2.85. The van der Waals surface area contributed by atoms with E-state index in [1.807, 2.05) is 24.3 Å². The number of aliphatic carboxylic acids is 1. The summed E-state index contributed by atoms with van der Waals surface area (Å²) in [6.07, 6.45) is 4.50. The average molecular weight is 269 g/mol. The topological polar surface area (TPSA) is 70.4 Å². The monoisotopic (exact) mass is 269 g/mol. The third-order valence-corrected chi connectivity index (χ3v) is 2.89. The zero-order valence-electron chi connectivity index (χ0n) is 10.9. The fourth-order valence-electron chi connectivity index (χ4n) is 1.86. The van der Waals surface area contributed by atoms with Crippen molar-refractivity contribution < 1.29 is 15.0 Å². The van der Waals surface area contributed by atoms with Gasteiger partial charge in [0, 0.05) is 12.3 Å². The highest BCUT2D eigenvalue weighted by atomic mass is 16.4. The molecule has 0 bridgehead atoms. The van der Waals surface area contributed by atoms with Crippen LogP contribution in [0.5, 0.6) is 0 Å². The van der Waals surface area contributed by atoms with Gasteiger partial charge in [-0.15, -0.1) is 0 Å². The van der Waals surface area contributed by atoms with E-state index < -0.39 is 11.7 Å². The van der Waals surface area contributed by atoms with Gasteiger partial charge in [-0.25, -0.2) is 4.79 Å². The summed E-state index contributed by atoms with van der Waals surface area (Å²) in [4.78, 5) is 14.6. The number of aromatic nitrogens is 1. The van der Waals surface area contributed by atoms with Gasteiger partial charge in [-0.3, -0.25) is 4.98 Å². The molecule has 1 aromatic carbocycles. The van der Waals surface area contributed by atoms with Crippen LogP contribution in [0.25, 0.3) is 6.08 Å². The summed E-state index contributed by atoms with van der Waals surface area (Å²) < 4.78 is 0. The third-order valence-electron chi connectivity index (χ3n) is 2.89. The van der Waals surface area contributed by atoms with Crippen molar-refractivity contribution >= 4 is 12.0 Å². The molecule has 1 heterocycles. The number of carboxylic acid groups (broad SMARTS) is 1. The number of aliphatic hydroxyl groups excluding tert-OH is 1. The highest BCUT2D eigenvalue weighted by Gasteiger charge is 2.04. The number of rotatable bonds is 5. The van der Waals surface area contributed by atoms with Crippen LogP contribution in [0.3, 0.4) is 0 Å². The molecule has 4 nitrogen and oxygen atoms in total. The Kier molecular flexibility index (Phi) is 4.50. The molecule has 2 aromatic rings. The number of aryl methyl sites for hydroxylation is 2. The Morgan fingerprint density at radius 2 is 1.75 bits per heavy atom. The van der Waals surface area contributed by atoms with Crippen molar-refractivity contribution in [2.45, 2.75) is 12.8 Å². The number of benzene rings is 1. The standard InChI is InChI=1S/C16H15NO3/c18-15(16(19)20)11-14-10-13(8-9-17-14)7-6-12-4-2-1-3-5-12/h1-5,8-11,18H,6-7H2,(H,19,20)/b15-11-. The molecule has 0 saturated carbocycles. The highest BCUT2D eigenvalue weighted by molar-refractivity contribution is 5.88. The van der Waals surface area contributed by atoms with Gasteiger partial charge in [-0.2, -0.15) is 0 Å². The minimum atomic E-state index is -1.36. The Labute approximate surface area is 117 Å². The molecule has 0 atom stereocenters. The summed E-state index contributed by atoms with van der Waals surface area (Å²) in [6.45, 7) is 0. The number of hydrogen-bond acceptors (Lipinski definition) is 3. The molecule has 0 saturated heterocycles. The van der Waals surface area contributed by atoms with Crippen LogP contribution in [-0.4, -0.2) is 21.2 Å². The number of pyridine rings is 1. The molecule has 0 spiro atoms. The maximum Gasteiger partial charge on any atom is 0.371 e. The molecule has 0 aliphatic carbocycles. The van der Waals surface area contributed by atoms with E-state index in [-0.39, 0.29) is 0 Å². The molecule has 0 unspecified atom stereocenters. The van der Waals surface area contributed by atoms with E-state index in [0.29, 0.717) is 5.69 Å². The van der Waals surface area contributed by atoms with Gasteiger partial charge < -0.3 is 10.2 Å². The highest BCUT2D eigenvalue weighted by Crippen LogP contribution is 2.10. The average Bonchev–Trinajstić information content (AvgIpc) is 2.46. The first-order valence-electron chi connectivity index (χ1n) is 6.28. The van der Waals surface area contributed by atoms with Gasteiger partial charge >= 0.3 is 5.97 Å². The van der Waals surface area contributed by atoms with E-state index in [1.165, 1.54) is 5.56 Å². The molecule has 2 N–H and O–H groups in total. The lowest BCUT2D eigenvalue weighted by Gasteiger charge is -2.03. The van der Waals surface area contributed by atoms with E-state index in [2.05, 4.69) is 17.1 Å². The summed E-state index contributed by atoms with van der Waals surface area (Å²) in [5.74, 6) is -2.07. The largest absolute Gasteiger partial charge is 0.502 e. The number of carboxylic acids is 1. The maximum absolute atomic E-state index is 10.6. The van der Waals surface area contributed by atoms with Gasteiger partial charge in [0.25, 0.3) is 0 Å². The Morgan fingerprint density at radius 3 is 2.45 bits per heavy atom. The third kappa shape index (κ3) is 3.95. The van der Waals surface area contributed by atoms with Crippen molar-refractivity contribution in [2.24, 2.45) is 0 Å². The van der Waals surface area contributed by atoms with E-state index in [4.69, 9.17) is 5.11 Å². The Morgan fingerprint density at radius 1 is 1.05 bits per heavy atom. The zero-order valence-corrected chi connectivity index (χ0v) is 10.9. The lowest BCUT2D eigenvalue weighted by atomic mass is 10.0. The number of hydrogen-bond donors (Lipinski definition) is 2. The number of nitrogens with zero attached hydrogens (tertiary/aromatic N) is 1. The van der Waals surface area contributed by atoms with Gasteiger partial charge in [0.2, 0.25) is 5.76 Å². The van der Waals surface area contributed by atoms with Crippen LogP contribution in [0.15, 0.2) is 54.4 Å². The summed E-state index contributed by atoms with van der Waals surface area (Å²) in [6, 6.07) is 13.8. The number of carbonyl (C=O) groups is 1. The summed E-state index contributed by atoms with van der Waals surface area (Å²) in [5, 5.41) is 17.8. The molecule has 0 aliphatic rings. The van der Waals surface area contributed by atoms with E-state index in [1.54, 1.807) is 12.3 Å². The van der Waals surface area contributed by atoms with Gasteiger partial charge in [0.05, 0.1) is 5.69 Å². The van der Waals surface area contributed by atoms with E-state index in [0.717, 1.165) is 24.5 Å². The Bertz CT molecular complexity index is 621. The van der Waals surface area contributed by atoms with Gasteiger partial charge in [-0.05, 0) is 36.1 Å². The normalized spacial score (nSPS) is 11.3. The van der Waals surface area contributed by atoms with Crippen molar-refractivity contribution in [1.82, 2.24) is 4.98 Å². The second-order valence-electron chi connectivity index (χ2n) is 4.41. The minimum Gasteiger partial charge on any atom is -0.502 e. The molecular weight excluding hydrogens is 254 g/mol. The lowest BCUT2D eigenvalue weighted by Crippen LogP contribution is -1.99. The molecule has 2 rings (SSSR count). The quantitative estimate of drug-likeness (QED) is 0.646. The summed E-state index contributed by atoms with van der Waals surface area (Å²) in [7, 11) is 0. The predicted molar refractivity (Wildman–Crippen MR) is 76.3 cm³/mol. The SMILES string of the molecule is O=C(O)/C(O)=C/c1cc(CCc2ccccc2)ccn1. The smallest absolute Gasteiger partial charge is 0.371 e. The van der Waals surface area contributed by atoms with Crippen molar-refractivity contribution in [3.63, 3.8) is 0 Å². The molecule has 0 radical (unpaired) electrons. The second-order valence-corrected chi connectivity index (χ2v) is 4.41. The minimum absolute atomic E-state index is 0.440.